The fraction of sp³-hybridized carbons (Fsp3) is 0.429. The zero-order chi connectivity index (χ0) is 15.5. The Hall–Kier alpha value is -1.73. The third-order valence-electron chi connectivity index (χ3n) is 3.44. The first-order valence-corrected chi connectivity index (χ1v) is 8.68. The maximum atomic E-state index is 11.5. The Morgan fingerprint density at radius 1 is 1.29 bits per heavy atom. The van der Waals surface area contributed by atoms with Crippen molar-refractivity contribution in [1.29, 1.82) is 0 Å². The molecule has 0 saturated carbocycles. The van der Waals surface area contributed by atoms with Crippen molar-refractivity contribution < 1.29 is 8.42 Å². The summed E-state index contributed by atoms with van der Waals surface area (Å²) in [7, 11) is -1.28. The molecule has 2 aromatic rings. The van der Waals surface area contributed by atoms with E-state index in [0.29, 0.717) is 11.3 Å². The number of nitrogens with zero attached hydrogens (tertiary/aromatic N) is 3. The number of nitrogens with one attached hydrogen (secondary N) is 1. The van der Waals surface area contributed by atoms with Crippen LogP contribution >= 0.6 is 0 Å². The molecule has 1 N–H and O–H groups in total. The van der Waals surface area contributed by atoms with Crippen LogP contribution in [-0.2, 0) is 22.8 Å². The summed E-state index contributed by atoms with van der Waals surface area (Å²) in [4.78, 5) is 4.60. The van der Waals surface area contributed by atoms with Crippen molar-refractivity contribution in [2.45, 2.75) is 30.8 Å². The number of likely N-dealkylation sites (N-methyl/N-ethyl adjacent to an activating group) is 1. The van der Waals surface area contributed by atoms with Crippen molar-refractivity contribution in [1.82, 2.24) is 20.1 Å². The molecule has 1 unspecified atom stereocenters. The van der Waals surface area contributed by atoms with Gasteiger partial charge in [-0.3, -0.25) is 4.68 Å². The lowest BCUT2D eigenvalue weighted by Gasteiger charge is -2.16. The summed E-state index contributed by atoms with van der Waals surface area (Å²) >= 11 is 0. The minimum absolute atomic E-state index is 0.0631. The molecule has 0 fully saturated rings. The zero-order valence-electron chi connectivity index (χ0n) is 12.4. The highest BCUT2D eigenvalue weighted by Crippen LogP contribution is 2.19. The number of hydrogen-bond donors (Lipinski definition) is 1. The van der Waals surface area contributed by atoms with Crippen LogP contribution in [0, 0.1) is 0 Å². The van der Waals surface area contributed by atoms with Gasteiger partial charge in [-0.1, -0.05) is 12.1 Å². The predicted octanol–water partition coefficient (Wildman–Crippen LogP) is 1.20. The van der Waals surface area contributed by atoms with E-state index in [-0.39, 0.29) is 6.04 Å². The van der Waals surface area contributed by atoms with Gasteiger partial charge < -0.3 is 5.32 Å². The van der Waals surface area contributed by atoms with Crippen molar-refractivity contribution in [2.24, 2.45) is 0 Å². The average Bonchev–Trinajstić information content (AvgIpc) is 2.91. The molecular formula is C14H20N4O2S. The number of benzene rings is 1. The second-order valence-electron chi connectivity index (χ2n) is 4.88. The van der Waals surface area contributed by atoms with Crippen LogP contribution in [0.1, 0.15) is 24.4 Å². The molecule has 0 spiro atoms. The highest BCUT2D eigenvalue weighted by Gasteiger charge is 2.15. The van der Waals surface area contributed by atoms with E-state index in [2.05, 4.69) is 15.4 Å². The molecule has 114 valence electrons. The van der Waals surface area contributed by atoms with Crippen molar-refractivity contribution in [2.75, 3.05) is 13.3 Å². The van der Waals surface area contributed by atoms with Crippen molar-refractivity contribution in [3.05, 3.63) is 42.0 Å². The van der Waals surface area contributed by atoms with Crippen LogP contribution in [0.3, 0.4) is 0 Å². The summed E-state index contributed by atoms with van der Waals surface area (Å²) in [5.74, 6) is 0.907. The number of aryl methyl sites for hydroxylation is 1. The van der Waals surface area contributed by atoms with Crippen LogP contribution < -0.4 is 5.32 Å². The molecule has 0 radical (unpaired) electrons. The molecule has 2 rings (SSSR count). The smallest absolute Gasteiger partial charge is 0.175 e. The fourth-order valence-corrected chi connectivity index (χ4v) is 2.86. The summed E-state index contributed by atoms with van der Waals surface area (Å²) in [6, 6.07) is 7.01. The largest absolute Gasteiger partial charge is 0.313 e. The molecule has 1 aromatic carbocycles. The van der Waals surface area contributed by atoms with E-state index in [0.717, 1.165) is 17.9 Å². The third-order valence-corrected chi connectivity index (χ3v) is 4.57. The Kier molecular flexibility index (Phi) is 4.74. The Bertz CT molecular complexity index is 692. The molecule has 0 saturated heterocycles. The van der Waals surface area contributed by atoms with Gasteiger partial charge in [0.05, 0.1) is 4.90 Å². The molecule has 1 heterocycles. The normalized spacial score (nSPS) is 13.3. The van der Waals surface area contributed by atoms with E-state index in [4.69, 9.17) is 0 Å². The van der Waals surface area contributed by atoms with Crippen molar-refractivity contribution >= 4 is 9.84 Å². The predicted molar refractivity (Wildman–Crippen MR) is 80.8 cm³/mol. The van der Waals surface area contributed by atoms with Crippen molar-refractivity contribution in [3.63, 3.8) is 0 Å². The monoisotopic (exact) mass is 308 g/mol. The number of sulfone groups is 1. The molecule has 21 heavy (non-hydrogen) atoms. The van der Waals surface area contributed by atoms with Gasteiger partial charge in [0.2, 0.25) is 0 Å². The Balaban J connectivity index is 2.22. The van der Waals surface area contributed by atoms with E-state index in [1.807, 2.05) is 30.8 Å². The van der Waals surface area contributed by atoms with Gasteiger partial charge in [-0.15, -0.1) is 0 Å². The number of rotatable bonds is 6. The second kappa shape index (κ2) is 6.36. The summed E-state index contributed by atoms with van der Waals surface area (Å²) in [6.07, 6.45) is 3.46. The van der Waals surface area contributed by atoms with Crippen LogP contribution in [0.4, 0.5) is 0 Å². The van der Waals surface area contributed by atoms with Crippen LogP contribution in [0.15, 0.2) is 35.5 Å². The molecule has 0 amide bonds. The number of aromatic nitrogens is 3. The van der Waals surface area contributed by atoms with Gasteiger partial charge in [-0.25, -0.2) is 13.4 Å². The zero-order valence-corrected chi connectivity index (χ0v) is 13.3. The summed E-state index contributed by atoms with van der Waals surface area (Å²) in [5, 5.41) is 7.40. The van der Waals surface area contributed by atoms with Crippen LogP contribution in [-0.4, -0.2) is 36.5 Å². The summed E-state index contributed by atoms with van der Waals surface area (Å²) < 4.78 is 24.8. The lowest BCUT2D eigenvalue weighted by atomic mass is 10.0. The first-order chi connectivity index (χ1) is 9.95. The molecule has 1 aromatic heterocycles. The van der Waals surface area contributed by atoms with Gasteiger partial charge in [-0.05, 0) is 31.7 Å². The lowest BCUT2D eigenvalue weighted by Crippen LogP contribution is -2.21. The average molecular weight is 308 g/mol. The Labute approximate surface area is 125 Å². The van der Waals surface area contributed by atoms with Gasteiger partial charge >= 0.3 is 0 Å². The molecular weight excluding hydrogens is 288 g/mol. The first-order valence-electron chi connectivity index (χ1n) is 6.79. The van der Waals surface area contributed by atoms with E-state index in [1.165, 1.54) is 6.26 Å². The topological polar surface area (TPSA) is 76.9 Å². The number of hydrogen-bond acceptors (Lipinski definition) is 5. The van der Waals surface area contributed by atoms with Gasteiger partial charge in [0, 0.05) is 25.3 Å². The molecule has 0 aliphatic carbocycles. The molecule has 0 bridgehead atoms. The second-order valence-corrected chi connectivity index (χ2v) is 6.89. The van der Waals surface area contributed by atoms with Crippen LogP contribution in [0.25, 0.3) is 0 Å². The van der Waals surface area contributed by atoms with E-state index < -0.39 is 9.84 Å². The van der Waals surface area contributed by atoms with E-state index in [1.54, 1.807) is 18.5 Å². The van der Waals surface area contributed by atoms with E-state index in [9.17, 15) is 8.42 Å². The van der Waals surface area contributed by atoms with Crippen molar-refractivity contribution in [3.8, 4) is 0 Å². The first kappa shape index (κ1) is 15.7. The SMILES string of the molecule is CCn1ncnc1CC(NC)c1ccc(S(C)(=O)=O)cc1. The lowest BCUT2D eigenvalue weighted by molar-refractivity contribution is 0.533. The quantitative estimate of drug-likeness (QED) is 0.868. The Morgan fingerprint density at radius 3 is 2.48 bits per heavy atom. The van der Waals surface area contributed by atoms with Crippen LogP contribution in [0.2, 0.25) is 0 Å². The molecule has 1 atom stereocenters. The summed E-state index contributed by atoms with van der Waals surface area (Å²) in [6.45, 7) is 2.80. The molecule has 6 nitrogen and oxygen atoms in total. The Morgan fingerprint density at radius 2 is 1.95 bits per heavy atom. The van der Waals surface area contributed by atoms with Crippen LogP contribution in [0.5, 0.6) is 0 Å². The summed E-state index contributed by atoms with van der Waals surface area (Å²) in [5.41, 5.74) is 1.02. The van der Waals surface area contributed by atoms with Gasteiger partial charge in [0.1, 0.15) is 12.2 Å². The highest BCUT2D eigenvalue weighted by atomic mass is 32.2. The maximum Gasteiger partial charge on any atom is 0.175 e. The van der Waals surface area contributed by atoms with E-state index >= 15 is 0 Å². The molecule has 0 aliphatic heterocycles. The minimum atomic E-state index is -3.16. The highest BCUT2D eigenvalue weighted by molar-refractivity contribution is 7.90. The molecule has 7 heteroatoms. The fourth-order valence-electron chi connectivity index (χ4n) is 2.23. The molecule has 0 aliphatic rings. The van der Waals surface area contributed by atoms with Gasteiger partial charge in [0.15, 0.2) is 9.84 Å². The third kappa shape index (κ3) is 3.68. The maximum absolute atomic E-state index is 11.5. The standard InChI is InChI=1S/C14H20N4O2S/c1-4-18-14(16-10-17-18)9-13(15-2)11-5-7-12(8-6-11)21(3,19)20/h5-8,10,13,15H,4,9H2,1-3H3. The minimum Gasteiger partial charge on any atom is -0.313 e. The van der Waals surface area contributed by atoms with Gasteiger partial charge in [-0.2, -0.15) is 5.10 Å². The van der Waals surface area contributed by atoms with Gasteiger partial charge in [0.25, 0.3) is 0 Å².